The van der Waals surface area contributed by atoms with Crippen LogP contribution >= 0.6 is 0 Å². The predicted octanol–water partition coefficient (Wildman–Crippen LogP) is 1.65. The van der Waals surface area contributed by atoms with Gasteiger partial charge in [0.2, 0.25) is 0 Å². The second-order valence-electron chi connectivity index (χ2n) is 2.84. The van der Waals surface area contributed by atoms with Crippen LogP contribution in [0.5, 0.6) is 0 Å². The molecule has 0 spiro atoms. The van der Waals surface area contributed by atoms with Crippen LogP contribution in [0.2, 0.25) is 0 Å². The number of carbonyl (C=O) groups is 2. The molecule has 0 saturated heterocycles. The number of hydrogen-bond acceptors (Lipinski definition) is 2. The molecular weight excluding hydrogens is 184 g/mol. The van der Waals surface area contributed by atoms with Crippen LogP contribution in [-0.4, -0.2) is 22.2 Å². The maximum atomic E-state index is 10.7. The number of carboxylic acid groups (broad SMARTS) is 2. The van der Waals surface area contributed by atoms with Crippen molar-refractivity contribution < 1.29 is 19.8 Å². The van der Waals surface area contributed by atoms with E-state index in [4.69, 9.17) is 10.2 Å². The number of benzene rings is 1. The molecule has 74 valence electrons. The molecule has 1 aromatic rings. The third kappa shape index (κ3) is 1.90. The number of aryl methyl sites for hydroxylation is 1. The van der Waals surface area contributed by atoms with Gasteiger partial charge < -0.3 is 10.2 Å². The van der Waals surface area contributed by atoms with Crippen molar-refractivity contribution in [2.45, 2.75) is 13.3 Å². The van der Waals surface area contributed by atoms with E-state index >= 15 is 0 Å². The smallest absolute Gasteiger partial charge is 0.335 e. The van der Waals surface area contributed by atoms with Crippen molar-refractivity contribution in [3.05, 3.63) is 34.9 Å². The van der Waals surface area contributed by atoms with Crippen LogP contribution in [0, 0.1) is 0 Å². The Morgan fingerprint density at radius 1 is 1.21 bits per heavy atom. The minimum absolute atomic E-state index is 0.117. The van der Waals surface area contributed by atoms with Gasteiger partial charge in [-0.25, -0.2) is 9.59 Å². The fourth-order valence-corrected chi connectivity index (χ4v) is 1.23. The third-order valence-corrected chi connectivity index (χ3v) is 1.96. The van der Waals surface area contributed by atoms with Gasteiger partial charge in [-0.05, 0) is 30.2 Å². The lowest BCUT2D eigenvalue weighted by Gasteiger charge is -2.04. The van der Waals surface area contributed by atoms with E-state index in [1.807, 2.05) is 0 Å². The van der Waals surface area contributed by atoms with E-state index in [1.54, 1.807) is 6.92 Å². The fraction of sp³-hybridized carbons (Fsp3) is 0.200. The van der Waals surface area contributed by atoms with Gasteiger partial charge in [-0.3, -0.25) is 0 Å². The van der Waals surface area contributed by atoms with Crippen LogP contribution in [0.25, 0.3) is 0 Å². The van der Waals surface area contributed by atoms with Gasteiger partial charge in [-0.15, -0.1) is 0 Å². The Labute approximate surface area is 80.8 Å². The molecule has 14 heavy (non-hydrogen) atoms. The first kappa shape index (κ1) is 10.2. The highest BCUT2D eigenvalue weighted by atomic mass is 16.4. The van der Waals surface area contributed by atoms with Crippen molar-refractivity contribution in [2.75, 3.05) is 0 Å². The highest BCUT2D eigenvalue weighted by Crippen LogP contribution is 2.13. The molecule has 0 aliphatic carbocycles. The van der Waals surface area contributed by atoms with Crippen LogP contribution in [0.15, 0.2) is 18.2 Å². The number of rotatable bonds is 3. The SMILES string of the molecule is CCc1cc(C(=O)O)ccc1C(=O)O. The molecule has 0 aliphatic rings. The fourth-order valence-electron chi connectivity index (χ4n) is 1.23. The Hall–Kier alpha value is -1.84. The molecule has 1 aromatic carbocycles. The van der Waals surface area contributed by atoms with E-state index in [1.165, 1.54) is 18.2 Å². The highest BCUT2D eigenvalue weighted by molar-refractivity contribution is 5.93. The zero-order valence-electron chi connectivity index (χ0n) is 7.65. The number of hydrogen-bond donors (Lipinski definition) is 2. The van der Waals surface area contributed by atoms with Crippen LogP contribution in [0.4, 0.5) is 0 Å². The summed E-state index contributed by atoms with van der Waals surface area (Å²) in [5, 5.41) is 17.5. The Morgan fingerprint density at radius 2 is 1.86 bits per heavy atom. The highest BCUT2D eigenvalue weighted by Gasteiger charge is 2.11. The molecular formula is C10H10O4. The van der Waals surface area contributed by atoms with Crippen molar-refractivity contribution in [2.24, 2.45) is 0 Å². The summed E-state index contributed by atoms with van der Waals surface area (Å²) < 4.78 is 0. The van der Waals surface area contributed by atoms with E-state index in [0.717, 1.165) is 0 Å². The van der Waals surface area contributed by atoms with Crippen LogP contribution in [0.3, 0.4) is 0 Å². The van der Waals surface area contributed by atoms with Crippen LogP contribution in [0.1, 0.15) is 33.2 Å². The molecule has 0 saturated carbocycles. The van der Waals surface area contributed by atoms with Crippen molar-refractivity contribution in [1.29, 1.82) is 0 Å². The van der Waals surface area contributed by atoms with E-state index in [9.17, 15) is 9.59 Å². The molecule has 0 radical (unpaired) electrons. The molecule has 0 unspecified atom stereocenters. The van der Waals surface area contributed by atoms with Crippen molar-refractivity contribution >= 4 is 11.9 Å². The summed E-state index contributed by atoms with van der Waals surface area (Å²) in [5.74, 6) is -2.07. The molecule has 0 heterocycles. The minimum Gasteiger partial charge on any atom is -0.478 e. The molecule has 0 amide bonds. The predicted molar refractivity (Wildman–Crippen MR) is 49.7 cm³/mol. The van der Waals surface area contributed by atoms with E-state index < -0.39 is 11.9 Å². The van der Waals surface area contributed by atoms with Gasteiger partial charge in [0.05, 0.1) is 11.1 Å². The molecule has 2 N–H and O–H groups in total. The van der Waals surface area contributed by atoms with E-state index in [0.29, 0.717) is 12.0 Å². The summed E-state index contributed by atoms with van der Waals surface area (Å²) in [4.78, 5) is 21.3. The summed E-state index contributed by atoms with van der Waals surface area (Å²) in [7, 11) is 0. The molecule has 0 aliphatic heterocycles. The largest absolute Gasteiger partial charge is 0.478 e. The van der Waals surface area contributed by atoms with Gasteiger partial charge in [0.15, 0.2) is 0 Å². The Morgan fingerprint density at radius 3 is 2.29 bits per heavy atom. The minimum atomic E-state index is -1.04. The lowest BCUT2D eigenvalue weighted by atomic mass is 10.0. The second kappa shape index (κ2) is 3.91. The molecule has 4 nitrogen and oxygen atoms in total. The van der Waals surface area contributed by atoms with Gasteiger partial charge in [-0.2, -0.15) is 0 Å². The first-order valence-electron chi connectivity index (χ1n) is 4.15. The van der Waals surface area contributed by atoms with Crippen molar-refractivity contribution in [1.82, 2.24) is 0 Å². The van der Waals surface area contributed by atoms with Gasteiger partial charge in [0.1, 0.15) is 0 Å². The normalized spacial score (nSPS) is 9.79. The molecule has 1 rings (SSSR count). The maximum Gasteiger partial charge on any atom is 0.335 e. The summed E-state index contributed by atoms with van der Waals surface area (Å²) in [6.45, 7) is 1.79. The number of aromatic carboxylic acids is 2. The zero-order valence-corrected chi connectivity index (χ0v) is 7.65. The van der Waals surface area contributed by atoms with Gasteiger partial charge in [-0.1, -0.05) is 6.92 Å². The summed E-state index contributed by atoms with van der Waals surface area (Å²) in [6.07, 6.45) is 0.503. The third-order valence-electron chi connectivity index (χ3n) is 1.96. The lowest BCUT2D eigenvalue weighted by molar-refractivity contribution is 0.0680. The maximum absolute atomic E-state index is 10.7. The van der Waals surface area contributed by atoms with Crippen molar-refractivity contribution in [3.63, 3.8) is 0 Å². The molecule has 4 heteroatoms. The first-order valence-corrected chi connectivity index (χ1v) is 4.15. The number of carboxylic acids is 2. The Kier molecular flexibility index (Phi) is 2.86. The standard InChI is InChI=1S/C10H10O4/c1-2-6-5-7(9(11)12)3-4-8(6)10(13)14/h3-5H,2H2,1H3,(H,11,12)(H,13,14). The first-order chi connectivity index (χ1) is 6.56. The summed E-state index contributed by atoms with van der Waals surface area (Å²) in [5.41, 5.74) is 0.821. The van der Waals surface area contributed by atoms with Crippen LogP contribution in [-0.2, 0) is 6.42 Å². The quantitative estimate of drug-likeness (QED) is 0.767. The zero-order chi connectivity index (χ0) is 10.7. The van der Waals surface area contributed by atoms with Gasteiger partial charge in [0.25, 0.3) is 0 Å². The Bertz CT molecular complexity index is 382. The van der Waals surface area contributed by atoms with Crippen LogP contribution < -0.4 is 0 Å². The molecule has 0 fully saturated rings. The molecule has 0 aromatic heterocycles. The molecule has 0 bridgehead atoms. The van der Waals surface area contributed by atoms with E-state index in [2.05, 4.69) is 0 Å². The monoisotopic (exact) mass is 194 g/mol. The molecule has 0 atom stereocenters. The van der Waals surface area contributed by atoms with Gasteiger partial charge >= 0.3 is 11.9 Å². The lowest BCUT2D eigenvalue weighted by Crippen LogP contribution is -2.05. The van der Waals surface area contributed by atoms with Gasteiger partial charge in [0, 0.05) is 0 Å². The second-order valence-corrected chi connectivity index (χ2v) is 2.84. The summed E-state index contributed by atoms with van der Waals surface area (Å²) in [6, 6.07) is 4.02. The summed E-state index contributed by atoms with van der Waals surface area (Å²) >= 11 is 0. The Balaban J connectivity index is 3.25. The topological polar surface area (TPSA) is 74.6 Å². The average Bonchev–Trinajstić information content (AvgIpc) is 2.16. The van der Waals surface area contributed by atoms with Crippen molar-refractivity contribution in [3.8, 4) is 0 Å². The van der Waals surface area contributed by atoms with E-state index in [-0.39, 0.29) is 11.1 Å². The average molecular weight is 194 g/mol.